The second kappa shape index (κ2) is 5.25. The summed E-state index contributed by atoms with van der Waals surface area (Å²) in [5, 5.41) is 19.8. The first-order chi connectivity index (χ1) is 9.41. The SMILES string of the molecule is Cc1n[nH]c(C)c1NC(=O)c1ccnc(Cl)c1[N+](=O)[O-]. The lowest BCUT2D eigenvalue weighted by atomic mass is 10.2. The second-order valence-electron chi connectivity index (χ2n) is 4.02. The molecule has 0 spiro atoms. The minimum absolute atomic E-state index is 0.157. The van der Waals surface area contributed by atoms with E-state index in [2.05, 4.69) is 20.5 Å². The van der Waals surface area contributed by atoms with Crippen molar-refractivity contribution in [2.75, 3.05) is 5.32 Å². The number of H-pyrrole nitrogens is 1. The molecule has 104 valence electrons. The Morgan fingerprint density at radius 1 is 1.50 bits per heavy atom. The van der Waals surface area contributed by atoms with Gasteiger partial charge < -0.3 is 5.32 Å². The number of carbonyl (C=O) groups excluding carboxylic acids is 1. The number of amides is 1. The Bertz CT molecular complexity index is 678. The van der Waals surface area contributed by atoms with Crippen molar-refractivity contribution >= 4 is 28.9 Å². The zero-order valence-electron chi connectivity index (χ0n) is 10.6. The van der Waals surface area contributed by atoms with E-state index in [1.807, 2.05) is 0 Å². The van der Waals surface area contributed by atoms with Crippen LogP contribution in [-0.4, -0.2) is 26.0 Å². The van der Waals surface area contributed by atoms with Gasteiger partial charge in [0.2, 0.25) is 5.15 Å². The molecule has 2 aromatic heterocycles. The van der Waals surface area contributed by atoms with Crippen LogP contribution in [0.15, 0.2) is 12.3 Å². The monoisotopic (exact) mass is 295 g/mol. The Hall–Kier alpha value is -2.48. The smallest absolute Gasteiger partial charge is 0.319 e. The maximum absolute atomic E-state index is 12.2. The molecule has 2 N–H and O–H groups in total. The number of hydrogen-bond donors (Lipinski definition) is 2. The number of nitro groups is 1. The Balaban J connectivity index is 2.40. The molecule has 0 atom stereocenters. The molecule has 20 heavy (non-hydrogen) atoms. The van der Waals surface area contributed by atoms with Gasteiger partial charge in [-0.2, -0.15) is 5.10 Å². The number of rotatable bonds is 3. The average Bonchev–Trinajstić information content (AvgIpc) is 2.69. The van der Waals surface area contributed by atoms with Crippen LogP contribution < -0.4 is 5.32 Å². The minimum Gasteiger partial charge on any atom is -0.319 e. The highest BCUT2D eigenvalue weighted by Crippen LogP contribution is 2.27. The van der Waals surface area contributed by atoms with E-state index in [4.69, 9.17) is 11.6 Å². The Labute approximate surface area is 118 Å². The van der Waals surface area contributed by atoms with Gasteiger partial charge in [0.25, 0.3) is 5.91 Å². The van der Waals surface area contributed by atoms with E-state index in [9.17, 15) is 14.9 Å². The summed E-state index contributed by atoms with van der Waals surface area (Å²) >= 11 is 5.66. The molecule has 0 aliphatic carbocycles. The molecule has 0 aliphatic heterocycles. The number of nitrogens with one attached hydrogen (secondary N) is 2. The van der Waals surface area contributed by atoms with Crippen LogP contribution >= 0.6 is 11.6 Å². The normalized spacial score (nSPS) is 10.3. The number of pyridine rings is 1. The summed E-state index contributed by atoms with van der Waals surface area (Å²) in [6.07, 6.45) is 1.24. The summed E-state index contributed by atoms with van der Waals surface area (Å²) in [6, 6.07) is 1.24. The molecule has 8 nitrogen and oxygen atoms in total. The molecule has 2 aromatic rings. The molecule has 0 bridgehead atoms. The standard InChI is InChI=1S/C11H10ClN5O3/c1-5-8(6(2)16-15-5)14-11(18)7-3-4-13-10(12)9(7)17(19)20/h3-4H,1-2H3,(H,14,18)(H,15,16). The lowest BCUT2D eigenvalue weighted by Gasteiger charge is -2.06. The zero-order chi connectivity index (χ0) is 14.9. The van der Waals surface area contributed by atoms with Gasteiger partial charge in [0.05, 0.1) is 22.0 Å². The van der Waals surface area contributed by atoms with E-state index in [-0.39, 0.29) is 10.7 Å². The van der Waals surface area contributed by atoms with Crippen LogP contribution in [0.25, 0.3) is 0 Å². The molecule has 9 heteroatoms. The lowest BCUT2D eigenvalue weighted by molar-refractivity contribution is -0.385. The van der Waals surface area contributed by atoms with Gasteiger partial charge in [-0.15, -0.1) is 0 Å². The maximum atomic E-state index is 12.2. The molecule has 0 radical (unpaired) electrons. The molecule has 0 saturated heterocycles. The summed E-state index contributed by atoms with van der Waals surface area (Å²) in [5.74, 6) is -0.645. The van der Waals surface area contributed by atoms with Crippen molar-refractivity contribution < 1.29 is 9.72 Å². The van der Waals surface area contributed by atoms with E-state index in [0.717, 1.165) is 0 Å². The molecule has 2 heterocycles. The van der Waals surface area contributed by atoms with Crippen LogP contribution in [0.5, 0.6) is 0 Å². The van der Waals surface area contributed by atoms with Crippen LogP contribution in [0, 0.1) is 24.0 Å². The van der Waals surface area contributed by atoms with Gasteiger partial charge >= 0.3 is 5.69 Å². The Kier molecular flexibility index (Phi) is 3.66. The first-order valence-electron chi connectivity index (χ1n) is 5.53. The molecule has 0 aromatic carbocycles. The van der Waals surface area contributed by atoms with Gasteiger partial charge in [-0.25, -0.2) is 4.98 Å². The predicted molar refractivity (Wildman–Crippen MR) is 71.9 cm³/mol. The largest absolute Gasteiger partial charge is 0.319 e. The van der Waals surface area contributed by atoms with E-state index >= 15 is 0 Å². The number of aryl methyl sites for hydroxylation is 2. The fraction of sp³-hybridized carbons (Fsp3) is 0.182. The molecule has 0 saturated carbocycles. The zero-order valence-corrected chi connectivity index (χ0v) is 11.4. The number of nitrogens with zero attached hydrogens (tertiary/aromatic N) is 3. The molecule has 0 fully saturated rings. The summed E-state index contributed by atoms with van der Waals surface area (Å²) < 4.78 is 0. The van der Waals surface area contributed by atoms with Crippen LogP contribution in [0.4, 0.5) is 11.4 Å². The van der Waals surface area contributed by atoms with Crippen molar-refractivity contribution in [1.29, 1.82) is 0 Å². The fourth-order valence-corrected chi connectivity index (χ4v) is 1.93. The lowest BCUT2D eigenvalue weighted by Crippen LogP contribution is -2.15. The van der Waals surface area contributed by atoms with Crippen molar-refractivity contribution in [3.05, 3.63) is 44.5 Å². The molecule has 0 unspecified atom stereocenters. The van der Waals surface area contributed by atoms with E-state index in [1.54, 1.807) is 13.8 Å². The second-order valence-corrected chi connectivity index (χ2v) is 4.38. The highest BCUT2D eigenvalue weighted by atomic mass is 35.5. The highest BCUT2D eigenvalue weighted by Gasteiger charge is 2.25. The third-order valence-electron chi connectivity index (χ3n) is 2.67. The molecule has 2 rings (SSSR count). The van der Waals surface area contributed by atoms with Crippen LogP contribution in [0.2, 0.25) is 5.15 Å². The molecule has 0 aliphatic rings. The summed E-state index contributed by atoms with van der Waals surface area (Å²) in [4.78, 5) is 26.0. The highest BCUT2D eigenvalue weighted by molar-refractivity contribution is 6.32. The van der Waals surface area contributed by atoms with Crippen molar-refractivity contribution in [1.82, 2.24) is 15.2 Å². The fourth-order valence-electron chi connectivity index (χ4n) is 1.70. The number of aromatic nitrogens is 3. The minimum atomic E-state index is -0.737. The van der Waals surface area contributed by atoms with Crippen molar-refractivity contribution in [2.45, 2.75) is 13.8 Å². The van der Waals surface area contributed by atoms with E-state index in [1.165, 1.54) is 12.3 Å². The third-order valence-corrected chi connectivity index (χ3v) is 2.95. The number of hydrogen-bond acceptors (Lipinski definition) is 5. The van der Waals surface area contributed by atoms with Crippen LogP contribution in [0.3, 0.4) is 0 Å². The van der Waals surface area contributed by atoms with Gasteiger partial charge in [0.1, 0.15) is 5.56 Å². The average molecular weight is 296 g/mol. The first kappa shape index (κ1) is 13.9. The van der Waals surface area contributed by atoms with Gasteiger partial charge in [-0.1, -0.05) is 11.6 Å². The quantitative estimate of drug-likeness (QED) is 0.512. The van der Waals surface area contributed by atoms with Gasteiger partial charge in [0, 0.05) is 6.20 Å². The molecular formula is C11H10ClN5O3. The third kappa shape index (κ3) is 2.45. The number of carbonyl (C=O) groups is 1. The van der Waals surface area contributed by atoms with Crippen LogP contribution in [-0.2, 0) is 0 Å². The van der Waals surface area contributed by atoms with Crippen molar-refractivity contribution in [2.24, 2.45) is 0 Å². The van der Waals surface area contributed by atoms with Gasteiger partial charge in [0.15, 0.2) is 0 Å². The van der Waals surface area contributed by atoms with Crippen molar-refractivity contribution in [3.63, 3.8) is 0 Å². The Morgan fingerprint density at radius 2 is 2.20 bits per heavy atom. The maximum Gasteiger partial charge on any atom is 0.319 e. The van der Waals surface area contributed by atoms with Gasteiger partial charge in [-0.05, 0) is 19.9 Å². The van der Waals surface area contributed by atoms with Gasteiger partial charge in [-0.3, -0.25) is 20.0 Å². The number of anilines is 1. The van der Waals surface area contributed by atoms with E-state index in [0.29, 0.717) is 17.1 Å². The number of aromatic amines is 1. The first-order valence-corrected chi connectivity index (χ1v) is 5.91. The van der Waals surface area contributed by atoms with E-state index < -0.39 is 16.5 Å². The molecule has 1 amide bonds. The van der Waals surface area contributed by atoms with Crippen molar-refractivity contribution in [3.8, 4) is 0 Å². The topological polar surface area (TPSA) is 114 Å². The predicted octanol–water partition coefficient (Wildman–Crippen LogP) is 2.24. The molecular weight excluding hydrogens is 286 g/mol. The summed E-state index contributed by atoms with van der Waals surface area (Å²) in [6.45, 7) is 3.43. The number of halogens is 1. The van der Waals surface area contributed by atoms with Crippen LogP contribution in [0.1, 0.15) is 21.7 Å². The summed E-state index contributed by atoms with van der Waals surface area (Å²) in [7, 11) is 0. The summed E-state index contributed by atoms with van der Waals surface area (Å²) in [5.41, 5.74) is 1.04. The Morgan fingerprint density at radius 3 is 2.75 bits per heavy atom.